The van der Waals surface area contributed by atoms with Gasteiger partial charge in [-0.25, -0.2) is 22.9 Å². The summed E-state index contributed by atoms with van der Waals surface area (Å²) < 4.78 is 46.0. The van der Waals surface area contributed by atoms with Crippen molar-refractivity contribution in [3.63, 3.8) is 0 Å². The minimum Gasteiger partial charge on any atom is -0.345 e. The second-order valence-electron chi connectivity index (χ2n) is 10.6. The van der Waals surface area contributed by atoms with Gasteiger partial charge < -0.3 is 14.4 Å². The lowest BCUT2D eigenvalue weighted by Crippen LogP contribution is -2.49. The summed E-state index contributed by atoms with van der Waals surface area (Å²) in [6, 6.07) is 7.79. The number of aromatic nitrogens is 3. The lowest BCUT2D eigenvalue weighted by Gasteiger charge is -2.35. The molecule has 5 heterocycles. The zero-order chi connectivity index (χ0) is 27.8. The predicted octanol–water partition coefficient (Wildman–Crippen LogP) is 4.55. The van der Waals surface area contributed by atoms with Crippen molar-refractivity contribution in [2.24, 2.45) is 0 Å². The van der Waals surface area contributed by atoms with E-state index in [2.05, 4.69) is 4.98 Å². The third-order valence-corrected chi connectivity index (χ3v) is 8.10. The molecule has 3 aromatic heterocycles. The topological polar surface area (TPSA) is 79.9 Å². The molecule has 0 bridgehead atoms. The number of carbonyl (C=O) groups excluding carboxylic acids is 3. The number of ketones is 2. The van der Waals surface area contributed by atoms with Crippen molar-refractivity contribution >= 4 is 45.3 Å². The highest BCUT2D eigenvalue weighted by molar-refractivity contribution is 6.51. The lowest BCUT2D eigenvalue weighted by atomic mass is 9.98. The van der Waals surface area contributed by atoms with E-state index in [0.717, 1.165) is 0 Å². The summed E-state index contributed by atoms with van der Waals surface area (Å²) >= 11 is 0. The molecule has 0 saturated carbocycles. The van der Waals surface area contributed by atoms with Gasteiger partial charge in [-0.3, -0.25) is 14.0 Å². The standard InChI is InChI=1S/C29H24F3N5O3/c30-18-11-17-15-36(28(40)34-7-4-29(31,32)5-8-34)10-9-35-16-20(19(12-18)27(17)35)25-22(38)13-23(39)26(25)21-14-33-24-3-1-2-6-37(21)24/h1-3,6,11-12,14,16H,4-5,7-10,13,15H2. The maximum absolute atomic E-state index is 15.0. The first-order valence-corrected chi connectivity index (χ1v) is 13.2. The quantitative estimate of drug-likeness (QED) is 0.345. The summed E-state index contributed by atoms with van der Waals surface area (Å²) in [5.41, 5.74) is 3.30. The summed E-state index contributed by atoms with van der Waals surface area (Å²) in [5, 5.41) is 0.478. The number of Topliss-reactive ketones (excluding diaryl/α,β-unsaturated/α-hetero) is 2. The van der Waals surface area contributed by atoms with Crippen LogP contribution in [0.1, 0.15) is 36.1 Å². The molecule has 1 aliphatic carbocycles. The van der Waals surface area contributed by atoms with Crippen molar-refractivity contribution in [1.29, 1.82) is 0 Å². The van der Waals surface area contributed by atoms with Gasteiger partial charge in [-0.2, -0.15) is 0 Å². The number of carbonyl (C=O) groups is 3. The lowest BCUT2D eigenvalue weighted by molar-refractivity contribution is -0.119. The van der Waals surface area contributed by atoms with Crippen LogP contribution in [0, 0.1) is 5.82 Å². The Hall–Kier alpha value is -4.41. The fourth-order valence-electron chi connectivity index (χ4n) is 6.16. The molecule has 0 spiro atoms. The molecule has 1 fully saturated rings. The van der Waals surface area contributed by atoms with E-state index in [-0.39, 0.29) is 74.2 Å². The van der Waals surface area contributed by atoms with E-state index in [1.54, 1.807) is 34.0 Å². The number of halogens is 3. The molecule has 2 amide bonds. The molecule has 1 saturated heterocycles. The number of rotatable bonds is 2. The Kier molecular flexibility index (Phi) is 5.42. The van der Waals surface area contributed by atoms with Crippen LogP contribution >= 0.6 is 0 Å². The fraction of sp³-hybridized carbons (Fsp3) is 0.310. The van der Waals surface area contributed by atoms with Gasteiger partial charge in [-0.15, -0.1) is 0 Å². The van der Waals surface area contributed by atoms with Crippen LogP contribution in [-0.4, -0.2) is 66.9 Å². The number of hydrogen-bond acceptors (Lipinski definition) is 4. The molecule has 8 nitrogen and oxygen atoms in total. The van der Waals surface area contributed by atoms with Gasteiger partial charge in [0.2, 0.25) is 0 Å². The first-order valence-electron chi connectivity index (χ1n) is 13.2. The summed E-state index contributed by atoms with van der Waals surface area (Å²) in [5.74, 6) is -3.97. The van der Waals surface area contributed by atoms with Gasteiger partial charge in [-0.05, 0) is 29.8 Å². The van der Waals surface area contributed by atoms with Crippen molar-refractivity contribution in [3.05, 3.63) is 71.6 Å². The Labute approximate surface area is 226 Å². The fourth-order valence-corrected chi connectivity index (χ4v) is 6.16. The number of hydrogen-bond donors (Lipinski definition) is 0. The molecular formula is C29H24F3N5O3. The highest BCUT2D eigenvalue weighted by Gasteiger charge is 2.38. The second-order valence-corrected chi connectivity index (χ2v) is 10.6. The molecule has 11 heteroatoms. The van der Waals surface area contributed by atoms with Crippen molar-refractivity contribution < 1.29 is 27.6 Å². The van der Waals surface area contributed by atoms with E-state index in [1.165, 1.54) is 17.0 Å². The maximum Gasteiger partial charge on any atom is 0.320 e. The zero-order valence-corrected chi connectivity index (χ0v) is 21.4. The van der Waals surface area contributed by atoms with Gasteiger partial charge in [0.05, 0.1) is 29.4 Å². The summed E-state index contributed by atoms with van der Waals surface area (Å²) in [6.45, 7) is 0.652. The summed E-state index contributed by atoms with van der Waals surface area (Å²) in [6.07, 6.45) is 4.05. The van der Waals surface area contributed by atoms with Crippen LogP contribution in [0.5, 0.6) is 0 Å². The molecule has 7 rings (SSSR count). The minimum absolute atomic E-state index is 0.0340. The zero-order valence-electron chi connectivity index (χ0n) is 21.4. The van der Waals surface area contributed by atoms with E-state index in [9.17, 15) is 23.2 Å². The van der Waals surface area contributed by atoms with E-state index >= 15 is 4.39 Å². The van der Waals surface area contributed by atoms with E-state index < -0.39 is 11.7 Å². The number of urea groups is 1. The van der Waals surface area contributed by atoms with Crippen LogP contribution in [0.25, 0.3) is 27.7 Å². The van der Waals surface area contributed by atoms with Crippen molar-refractivity contribution in [3.8, 4) is 0 Å². The monoisotopic (exact) mass is 547 g/mol. The molecule has 1 aromatic carbocycles. The summed E-state index contributed by atoms with van der Waals surface area (Å²) in [7, 11) is 0. The number of nitrogens with zero attached hydrogens (tertiary/aromatic N) is 5. The van der Waals surface area contributed by atoms with E-state index in [1.807, 2.05) is 16.7 Å². The van der Waals surface area contributed by atoms with Crippen LogP contribution < -0.4 is 0 Å². The molecule has 3 aliphatic rings. The molecule has 0 radical (unpaired) electrons. The van der Waals surface area contributed by atoms with Crippen molar-refractivity contribution in [1.82, 2.24) is 23.8 Å². The van der Waals surface area contributed by atoms with E-state index in [4.69, 9.17) is 0 Å². The van der Waals surface area contributed by atoms with Gasteiger partial charge in [0.15, 0.2) is 11.6 Å². The number of alkyl halides is 2. The number of imidazole rings is 1. The number of likely N-dealkylation sites (tertiary alicyclic amines) is 1. The van der Waals surface area contributed by atoms with Crippen LogP contribution in [0.15, 0.2) is 48.9 Å². The third kappa shape index (κ3) is 3.82. The Balaban J connectivity index is 1.32. The number of piperidine rings is 1. The highest BCUT2D eigenvalue weighted by atomic mass is 19.3. The molecular weight excluding hydrogens is 523 g/mol. The summed E-state index contributed by atoms with van der Waals surface area (Å²) in [4.78, 5) is 47.0. The van der Waals surface area contributed by atoms with Crippen LogP contribution in [0.2, 0.25) is 0 Å². The average molecular weight is 548 g/mol. The molecule has 2 aliphatic heterocycles. The first kappa shape index (κ1) is 24.6. The Morgan fingerprint density at radius 2 is 1.73 bits per heavy atom. The van der Waals surface area contributed by atoms with Crippen molar-refractivity contribution in [2.45, 2.75) is 38.3 Å². The van der Waals surface area contributed by atoms with Crippen LogP contribution in [-0.2, 0) is 22.7 Å². The van der Waals surface area contributed by atoms with Gasteiger partial charge in [0, 0.05) is 74.5 Å². The third-order valence-electron chi connectivity index (χ3n) is 8.10. The first-order chi connectivity index (χ1) is 19.2. The number of pyridine rings is 1. The smallest absolute Gasteiger partial charge is 0.320 e. The predicted molar refractivity (Wildman–Crippen MR) is 140 cm³/mol. The Bertz CT molecular complexity index is 1780. The number of amides is 2. The number of allylic oxidation sites excluding steroid dienone is 2. The average Bonchev–Trinajstić information content (AvgIpc) is 3.54. The largest absolute Gasteiger partial charge is 0.345 e. The second kappa shape index (κ2) is 8.80. The SMILES string of the molecule is O=C1CC(=O)C(c2cnc3ccccn23)=C1c1cn2c3c(cc(F)cc13)CN(C(=O)N1CCC(F)(F)CC1)CC2. The van der Waals surface area contributed by atoms with Gasteiger partial charge in [-0.1, -0.05) is 6.07 Å². The van der Waals surface area contributed by atoms with Crippen LogP contribution in [0.4, 0.5) is 18.0 Å². The van der Waals surface area contributed by atoms with Gasteiger partial charge in [0.25, 0.3) is 5.92 Å². The molecule has 4 aromatic rings. The molecule has 40 heavy (non-hydrogen) atoms. The van der Waals surface area contributed by atoms with Crippen LogP contribution in [0.3, 0.4) is 0 Å². The van der Waals surface area contributed by atoms with E-state index in [0.29, 0.717) is 39.9 Å². The highest BCUT2D eigenvalue weighted by Crippen LogP contribution is 2.41. The maximum atomic E-state index is 15.0. The van der Waals surface area contributed by atoms with Crippen molar-refractivity contribution in [2.75, 3.05) is 19.6 Å². The molecule has 0 N–H and O–H groups in total. The van der Waals surface area contributed by atoms with Gasteiger partial charge >= 0.3 is 6.03 Å². The molecule has 0 unspecified atom stereocenters. The number of benzene rings is 1. The molecule has 0 atom stereocenters. The normalized spacial score (nSPS) is 19.3. The van der Waals surface area contributed by atoms with Gasteiger partial charge in [0.1, 0.15) is 11.5 Å². The Morgan fingerprint density at radius 1 is 0.950 bits per heavy atom. The molecule has 204 valence electrons. The number of fused-ring (bicyclic) bond motifs is 1. The minimum atomic E-state index is -2.77. The Morgan fingerprint density at radius 3 is 2.52 bits per heavy atom.